The van der Waals surface area contributed by atoms with Crippen LogP contribution in [0.25, 0.3) is 0 Å². The van der Waals surface area contributed by atoms with Gasteiger partial charge < -0.3 is 20.3 Å². The van der Waals surface area contributed by atoms with E-state index in [1.807, 2.05) is 37.3 Å². The molecule has 2 bridgehead atoms. The maximum Gasteiger partial charge on any atom is 0.234 e. The van der Waals surface area contributed by atoms with E-state index in [4.69, 9.17) is 4.74 Å². The standard InChI is InChI=1S/C27H29N3O4/c1-17(8-9-19-6-4-3-5-7-19)28-25(32)23-22-14-15-27(34-22)16-30(26(33)24(23)27)21-12-10-20(11-13-21)29-18(2)31/h3-7,10-15,17,22-24H,8-9,16H2,1-2H3,(H,28,32)(H,29,31)/t17-,22+,23-,24-,27+/m0/s1. The van der Waals surface area contributed by atoms with Gasteiger partial charge in [-0.15, -0.1) is 0 Å². The lowest BCUT2D eigenvalue weighted by Crippen LogP contribution is -2.46. The number of anilines is 2. The Labute approximate surface area is 199 Å². The van der Waals surface area contributed by atoms with Crippen molar-refractivity contribution in [2.24, 2.45) is 11.8 Å². The Morgan fingerprint density at radius 1 is 1.15 bits per heavy atom. The molecule has 2 aromatic carbocycles. The molecule has 34 heavy (non-hydrogen) atoms. The number of hydrogen-bond donors (Lipinski definition) is 2. The van der Waals surface area contributed by atoms with E-state index in [1.54, 1.807) is 29.2 Å². The highest BCUT2D eigenvalue weighted by Gasteiger charge is 2.67. The van der Waals surface area contributed by atoms with Crippen molar-refractivity contribution >= 4 is 29.1 Å². The van der Waals surface area contributed by atoms with E-state index in [0.29, 0.717) is 12.2 Å². The summed E-state index contributed by atoms with van der Waals surface area (Å²) < 4.78 is 6.24. The van der Waals surface area contributed by atoms with Crippen LogP contribution in [0.4, 0.5) is 11.4 Å². The van der Waals surface area contributed by atoms with Crippen molar-refractivity contribution in [1.82, 2.24) is 5.32 Å². The Bertz CT molecular complexity index is 1130. The van der Waals surface area contributed by atoms with Crippen LogP contribution in [0, 0.1) is 11.8 Å². The molecule has 3 aliphatic heterocycles. The van der Waals surface area contributed by atoms with Crippen molar-refractivity contribution in [2.45, 2.75) is 44.4 Å². The van der Waals surface area contributed by atoms with Gasteiger partial charge in [-0.3, -0.25) is 14.4 Å². The number of nitrogens with one attached hydrogen (secondary N) is 2. The molecule has 2 saturated heterocycles. The van der Waals surface area contributed by atoms with E-state index in [9.17, 15) is 14.4 Å². The van der Waals surface area contributed by atoms with Crippen molar-refractivity contribution in [3.05, 3.63) is 72.3 Å². The van der Waals surface area contributed by atoms with Gasteiger partial charge in [0.25, 0.3) is 0 Å². The molecule has 3 heterocycles. The third kappa shape index (κ3) is 4.01. The molecule has 7 nitrogen and oxygen atoms in total. The average molecular weight is 460 g/mol. The van der Waals surface area contributed by atoms with E-state index in [1.165, 1.54) is 12.5 Å². The minimum absolute atomic E-state index is 0.0132. The third-order valence-electron chi connectivity index (χ3n) is 7.00. The summed E-state index contributed by atoms with van der Waals surface area (Å²) in [5, 5.41) is 5.85. The lowest BCUT2D eigenvalue weighted by atomic mass is 9.76. The molecule has 176 valence electrons. The molecule has 0 radical (unpaired) electrons. The van der Waals surface area contributed by atoms with Gasteiger partial charge in [0.15, 0.2) is 0 Å². The summed E-state index contributed by atoms with van der Waals surface area (Å²) in [5.41, 5.74) is 1.85. The molecule has 0 unspecified atom stereocenters. The SMILES string of the molecule is CC(=O)Nc1ccc(N2C[C@@]34C=C[C@@H](O3)[C@H](C(=O)N[C@@H](C)CCc3ccccc3)[C@H]4C2=O)cc1. The number of carbonyl (C=O) groups is 3. The molecule has 2 aromatic rings. The van der Waals surface area contributed by atoms with Gasteiger partial charge in [-0.1, -0.05) is 42.5 Å². The fourth-order valence-electron chi connectivity index (χ4n) is 5.38. The topological polar surface area (TPSA) is 87.7 Å². The summed E-state index contributed by atoms with van der Waals surface area (Å²) in [4.78, 5) is 39.8. The number of aryl methyl sites for hydroxylation is 1. The van der Waals surface area contributed by atoms with Gasteiger partial charge in [0.05, 0.1) is 24.5 Å². The van der Waals surface area contributed by atoms with Crippen LogP contribution in [-0.2, 0) is 25.5 Å². The zero-order valence-corrected chi connectivity index (χ0v) is 19.4. The van der Waals surface area contributed by atoms with Crippen molar-refractivity contribution in [2.75, 3.05) is 16.8 Å². The Morgan fingerprint density at radius 3 is 2.59 bits per heavy atom. The predicted octanol–water partition coefficient (Wildman–Crippen LogP) is 3.07. The second kappa shape index (κ2) is 8.72. The van der Waals surface area contributed by atoms with Crippen LogP contribution >= 0.6 is 0 Å². The molecule has 5 atom stereocenters. The van der Waals surface area contributed by atoms with Crippen molar-refractivity contribution in [1.29, 1.82) is 0 Å². The van der Waals surface area contributed by atoms with Gasteiger partial charge in [0, 0.05) is 24.3 Å². The Balaban J connectivity index is 1.27. The van der Waals surface area contributed by atoms with E-state index in [0.717, 1.165) is 18.5 Å². The molecule has 3 amide bonds. The largest absolute Gasteiger partial charge is 0.360 e. The molecular weight excluding hydrogens is 430 g/mol. The van der Waals surface area contributed by atoms with Gasteiger partial charge in [-0.25, -0.2) is 0 Å². The molecular formula is C27H29N3O4. The molecule has 0 saturated carbocycles. The summed E-state index contributed by atoms with van der Waals surface area (Å²) >= 11 is 0. The van der Waals surface area contributed by atoms with Gasteiger partial charge in [0.2, 0.25) is 17.7 Å². The smallest absolute Gasteiger partial charge is 0.234 e. The number of carbonyl (C=O) groups excluding carboxylic acids is 3. The zero-order valence-electron chi connectivity index (χ0n) is 19.4. The quantitative estimate of drug-likeness (QED) is 0.623. The predicted molar refractivity (Wildman–Crippen MR) is 129 cm³/mol. The highest BCUT2D eigenvalue weighted by molar-refractivity contribution is 6.03. The van der Waals surface area contributed by atoms with Crippen LogP contribution in [0.2, 0.25) is 0 Å². The number of amides is 3. The van der Waals surface area contributed by atoms with Crippen LogP contribution in [-0.4, -0.2) is 42.0 Å². The number of rotatable bonds is 7. The number of nitrogens with zero attached hydrogens (tertiary/aromatic N) is 1. The van der Waals surface area contributed by atoms with Crippen LogP contribution in [0.15, 0.2) is 66.7 Å². The maximum atomic E-state index is 13.5. The molecule has 5 rings (SSSR count). The van der Waals surface area contributed by atoms with Crippen molar-refractivity contribution < 1.29 is 19.1 Å². The molecule has 0 aromatic heterocycles. The van der Waals surface area contributed by atoms with Crippen LogP contribution in [0.3, 0.4) is 0 Å². The second-order valence-corrected chi connectivity index (χ2v) is 9.49. The fourth-order valence-corrected chi connectivity index (χ4v) is 5.38. The van der Waals surface area contributed by atoms with Gasteiger partial charge in [-0.05, 0) is 49.6 Å². The molecule has 3 aliphatic rings. The van der Waals surface area contributed by atoms with E-state index < -0.39 is 17.4 Å². The highest BCUT2D eigenvalue weighted by atomic mass is 16.5. The lowest BCUT2D eigenvalue weighted by Gasteiger charge is -2.25. The molecule has 2 N–H and O–H groups in total. The Morgan fingerprint density at radius 2 is 1.88 bits per heavy atom. The minimum atomic E-state index is -0.770. The second-order valence-electron chi connectivity index (χ2n) is 9.49. The highest BCUT2D eigenvalue weighted by Crippen LogP contribution is 2.52. The first-order valence-electron chi connectivity index (χ1n) is 11.8. The average Bonchev–Trinajstić information content (AvgIpc) is 3.47. The summed E-state index contributed by atoms with van der Waals surface area (Å²) in [5.74, 6) is -1.46. The Kier molecular flexibility index (Phi) is 5.73. The van der Waals surface area contributed by atoms with E-state index >= 15 is 0 Å². The third-order valence-corrected chi connectivity index (χ3v) is 7.00. The zero-order chi connectivity index (χ0) is 23.9. The maximum absolute atomic E-state index is 13.5. The summed E-state index contributed by atoms with van der Waals surface area (Å²) in [6, 6.07) is 17.3. The van der Waals surface area contributed by atoms with Crippen molar-refractivity contribution in [3.63, 3.8) is 0 Å². The first kappa shape index (κ1) is 22.3. The van der Waals surface area contributed by atoms with Crippen LogP contribution in [0.5, 0.6) is 0 Å². The summed E-state index contributed by atoms with van der Waals surface area (Å²) in [7, 11) is 0. The van der Waals surface area contributed by atoms with Crippen LogP contribution < -0.4 is 15.5 Å². The fraction of sp³-hybridized carbons (Fsp3) is 0.370. The summed E-state index contributed by atoms with van der Waals surface area (Å²) in [6.07, 6.45) is 5.20. The molecule has 0 aliphatic carbocycles. The van der Waals surface area contributed by atoms with Gasteiger partial charge >= 0.3 is 0 Å². The first-order valence-corrected chi connectivity index (χ1v) is 11.8. The normalized spacial score (nSPS) is 27.5. The Hall–Kier alpha value is -3.45. The monoisotopic (exact) mass is 459 g/mol. The van der Waals surface area contributed by atoms with Gasteiger partial charge in [0.1, 0.15) is 5.60 Å². The number of benzene rings is 2. The minimum Gasteiger partial charge on any atom is -0.360 e. The van der Waals surface area contributed by atoms with Crippen molar-refractivity contribution in [3.8, 4) is 0 Å². The van der Waals surface area contributed by atoms with Gasteiger partial charge in [-0.2, -0.15) is 0 Å². The summed E-state index contributed by atoms with van der Waals surface area (Å²) in [6.45, 7) is 3.82. The first-order chi connectivity index (χ1) is 16.4. The molecule has 2 fully saturated rings. The van der Waals surface area contributed by atoms with E-state index in [-0.39, 0.29) is 29.9 Å². The van der Waals surface area contributed by atoms with E-state index in [2.05, 4.69) is 22.8 Å². The van der Waals surface area contributed by atoms with Crippen LogP contribution in [0.1, 0.15) is 25.8 Å². The molecule has 1 spiro atoms. The number of fused-ring (bicyclic) bond motifs is 1. The number of hydrogen-bond acceptors (Lipinski definition) is 4. The number of ether oxygens (including phenoxy) is 1. The lowest BCUT2D eigenvalue weighted by molar-refractivity contribution is -0.132. The molecule has 7 heteroatoms.